The lowest BCUT2D eigenvalue weighted by atomic mass is 9.92. The van der Waals surface area contributed by atoms with Crippen LogP contribution in [0.1, 0.15) is 33.1 Å². The highest BCUT2D eigenvalue weighted by Crippen LogP contribution is 2.19. The standard InChI is InChI=1S/C16H31N3O4S/c1-3-13(4-2)15(19-6-8-23-9-7-19)11-17-16(20)18-14-5-10-24(21,22)12-14/h13-15H,3-12H2,1-2H3,(H2,17,18,20)/t14-,15-/m1/s1. The molecule has 0 bridgehead atoms. The third kappa shape index (κ3) is 5.60. The molecular weight excluding hydrogens is 330 g/mol. The normalized spacial score (nSPS) is 25.5. The lowest BCUT2D eigenvalue weighted by Crippen LogP contribution is -2.53. The Morgan fingerprint density at radius 2 is 1.92 bits per heavy atom. The third-order valence-corrected chi connectivity index (χ3v) is 6.91. The lowest BCUT2D eigenvalue weighted by Gasteiger charge is -2.38. The molecule has 2 atom stereocenters. The zero-order valence-electron chi connectivity index (χ0n) is 14.8. The van der Waals surface area contributed by atoms with E-state index in [4.69, 9.17) is 4.74 Å². The van der Waals surface area contributed by atoms with Gasteiger partial charge in [0.05, 0.1) is 24.7 Å². The van der Waals surface area contributed by atoms with Crippen molar-refractivity contribution < 1.29 is 17.9 Å². The Hall–Kier alpha value is -0.860. The van der Waals surface area contributed by atoms with Gasteiger partial charge in [-0.1, -0.05) is 26.7 Å². The van der Waals surface area contributed by atoms with Crippen LogP contribution in [0.2, 0.25) is 0 Å². The number of hydrogen-bond donors (Lipinski definition) is 2. The Labute approximate surface area is 145 Å². The van der Waals surface area contributed by atoms with Crippen LogP contribution >= 0.6 is 0 Å². The first-order chi connectivity index (χ1) is 11.4. The Bertz CT molecular complexity index is 501. The molecule has 2 N–H and O–H groups in total. The van der Waals surface area contributed by atoms with Gasteiger partial charge in [-0.05, 0) is 12.3 Å². The van der Waals surface area contributed by atoms with E-state index >= 15 is 0 Å². The first-order valence-corrected chi connectivity index (χ1v) is 10.8. The van der Waals surface area contributed by atoms with Gasteiger partial charge in [0.2, 0.25) is 0 Å². The smallest absolute Gasteiger partial charge is 0.315 e. The van der Waals surface area contributed by atoms with Crippen LogP contribution in [0.3, 0.4) is 0 Å². The second kappa shape index (κ2) is 9.01. The van der Waals surface area contributed by atoms with Crippen LogP contribution in [-0.4, -0.2) is 75.8 Å². The molecule has 0 spiro atoms. The summed E-state index contributed by atoms with van der Waals surface area (Å²) in [4.78, 5) is 14.5. The molecule has 8 heteroatoms. The van der Waals surface area contributed by atoms with E-state index in [0.717, 1.165) is 39.1 Å². The number of morpholine rings is 1. The quantitative estimate of drug-likeness (QED) is 0.694. The van der Waals surface area contributed by atoms with E-state index < -0.39 is 9.84 Å². The van der Waals surface area contributed by atoms with E-state index in [0.29, 0.717) is 24.9 Å². The minimum Gasteiger partial charge on any atom is -0.379 e. The molecule has 0 radical (unpaired) electrons. The number of sulfone groups is 1. The molecule has 2 saturated heterocycles. The van der Waals surface area contributed by atoms with Crippen LogP contribution in [0.15, 0.2) is 0 Å². The maximum absolute atomic E-state index is 12.1. The van der Waals surface area contributed by atoms with Crippen molar-refractivity contribution in [3.05, 3.63) is 0 Å². The van der Waals surface area contributed by atoms with Crippen molar-refractivity contribution in [2.45, 2.75) is 45.2 Å². The summed E-state index contributed by atoms with van der Waals surface area (Å²) < 4.78 is 28.4. The highest BCUT2D eigenvalue weighted by atomic mass is 32.2. The summed E-state index contributed by atoms with van der Waals surface area (Å²) in [7, 11) is -2.98. The van der Waals surface area contributed by atoms with Gasteiger partial charge in [-0.3, -0.25) is 4.90 Å². The highest BCUT2D eigenvalue weighted by Gasteiger charge is 2.30. The number of hydrogen-bond acceptors (Lipinski definition) is 5. The minimum atomic E-state index is -2.98. The van der Waals surface area contributed by atoms with Crippen LogP contribution in [0.5, 0.6) is 0 Å². The molecule has 2 heterocycles. The van der Waals surface area contributed by atoms with Gasteiger partial charge < -0.3 is 15.4 Å². The molecule has 0 unspecified atom stereocenters. The van der Waals surface area contributed by atoms with E-state index in [1.165, 1.54) is 0 Å². The molecule has 0 aromatic rings. The van der Waals surface area contributed by atoms with Crippen LogP contribution < -0.4 is 10.6 Å². The molecule has 2 rings (SSSR count). The van der Waals surface area contributed by atoms with Crippen molar-refractivity contribution in [1.29, 1.82) is 0 Å². The van der Waals surface area contributed by atoms with Gasteiger partial charge in [-0.2, -0.15) is 0 Å². The van der Waals surface area contributed by atoms with Gasteiger partial charge in [0.25, 0.3) is 0 Å². The number of amides is 2. The number of rotatable bonds is 7. The predicted molar refractivity (Wildman–Crippen MR) is 93.8 cm³/mol. The Balaban J connectivity index is 1.85. The van der Waals surface area contributed by atoms with Crippen molar-refractivity contribution in [3.63, 3.8) is 0 Å². The van der Waals surface area contributed by atoms with Crippen molar-refractivity contribution >= 4 is 15.9 Å². The van der Waals surface area contributed by atoms with Crippen molar-refractivity contribution in [1.82, 2.24) is 15.5 Å². The SMILES string of the molecule is CCC(CC)[C@@H](CNC(=O)N[C@@H]1CCS(=O)(=O)C1)N1CCOCC1. The molecule has 140 valence electrons. The second-order valence-electron chi connectivity index (χ2n) is 6.75. The molecule has 24 heavy (non-hydrogen) atoms. The highest BCUT2D eigenvalue weighted by molar-refractivity contribution is 7.91. The topological polar surface area (TPSA) is 87.7 Å². The Morgan fingerprint density at radius 3 is 2.46 bits per heavy atom. The average Bonchev–Trinajstić information content (AvgIpc) is 2.90. The second-order valence-corrected chi connectivity index (χ2v) is 8.98. The molecule has 2 fully saturated rings. The zero-order chi connectivity index (χ0) is 17.6. The van der Waals surface area contributed by atoms with E-state index in [2.05, 4.69) is 29.4 Å². The van der Waals surface area contributed by atoms with Crippen molar-refractivity contribution in [2.24, 2.45) is 5.92 Å². The van der Waals surface area contributed by atoms with E-state index in [9.17, 15) is 13.2 Å². The van der Waals surface area contributed by atoms with Gasteiger partial charge in [-0.25, -0.2) is 13.2 Å². The van der Waals surface area contributed by atoms with E-state index in [1.807, 2.05) is 0 Å². The summed E-state index contributed by atoms with van der Waals surface area (Å²) in [5, 5.41) is 5.75. The van der Waals surface area contributed by atoms with E-state index in [-0.39, 0.29) is 23.6 Å². The largest absolute Gasteiger partial charge is 0.379 e. The molecule has 2 aliphatic rings. The molecule has 2 amide bonds. The zero-order valence-corrected chi connectivity index (χ0v) is 15.6. The fraction of sp³-hybridized carbons (Fsp3) is 0.938. The predicted octanol–water partition coefficient (Wildman–Crippen LogP) is 0.610. The molecule has 0 saturated carbocycles. The van der Waals surface area contributed by atoms with Crippen LogP contribution in [0.25, 0.3) is 0 Å². The van der Waals surface area contributed by atoms with Gasteiger partial charge in [-0.15, -0.1) is 0 Å². The summed E-state index contributed by atoms with van der Waals surface area (Å²) in [5.74, 6) is 0.748. The Kier molecular flexibility index (Phi) is 7.31. The maximum Gasteiger partial charge on any atom is 0.315 e. The number of carbonyl (C=O) groups excluding carboxylic acids is 1. The number of urea groups is 1. The molecular formula is C16H31N3O4S. The van der Waals surface area contributed by atoms with Crippen LogP contribution in [0, 0.1) is 5.92 Å². The van der Waals surface area contributed by atoms with Crippen LogP contribution in [0.4, 0.5) is 4.79 Å². The maximum atomic E-state index is 12.1. The van der Waals surface area contributed by atoms with E-state index in [1.54, 1.807) is 0 Å². The molecule has 2 aliphatic heterocycles. The Morgan fingerprint density at radius 1 is 1.25 bits per heavy atom. The molecule has 0 aromatic carbocycles. The first kappa shape index (κ1) is 19.5. The summed E-state index contributed by atoms with van der Waals surface area (Å²) in [6, 6.07) is -0.228. The fourth-order valence-electron chi connectivity index (χ4n) is 3.68. The number of nitrogens with zero attached hydrogens (tertiary/aromatic N) is 1. The third-order valence-electron chi connectivity index (χ3n) is 5.15. The summed E-state index contributed by atoms with van der Waals surface area (Å²) in [5.41, 5.74) is 0. The fourth-order valence-corrected chi connectivity index (χ4v) is 5.35. The van der Waals surface area contributed by atoms with Crippen LogP contribution in [-0.2, 0) is 14.6 Å². The summed E-state index contributed by atoms with van der Waals surface area (Å²) >= 11 is 0. The number of ether oxygens (including phenoxy) is 1. The first-order valence-electron chi connectivity index (χ1n) is 9.01. The van der Waals surface area contributed by atoms with Gasteiger partial charge >= 0.3 is 6.03 Å². The van der Waals surface area contributed by atoms with Crippen molar-refractivity contribution in [2.75, 3.05) is 44.4 Å². The average molecular weight is 362 g/mol. The van der Waals surface area contributed by atoms with Crippen molar-refractivity contribution in [3.8, 4) is 0 Å². The van der Waals surface area contributed by atoms with Gasteiger partial charge in [0, 0.05) is 31.7 Å². The number of nitrogens with one attached hydrogen (secondary N) is 2. The lowest BCUT2D eigenvalue weighted by molar-refractivity contribution is 0.00236. The molecule has 7 nitrogen and oxygen atoms in total. The summed E-state index contributed by atoms with van der Waals surface area (Å²) in [6.45, 7) is 8.22. The molecule has 0 aliphatic carbocycles. The molecule has 0 aromatic heterocycles. The monoisotopic (exact) mass is 361 g/mol. The summed E-state index contributed by atoms with van der Waals surface area (Å²) in [6.07, 6.45) is 2.65. The van der Waals surface area contributed by atoms with Gasteiger partial charge in [0.1, 0.15) is 0 Å². The minimum absolute atomic E-state index is 0.0554. The number of carbonyl (C=O) groups is 1. The van der Waals surface area contributed by atoms with Gasteiger partial charge in [0.15, 0.2) is 9.84 Å².